The highest BCUT2D eigenvalue weighted by atomic mass is 16.5. The molecule has 2 rings (SSSR count). The Kier molecular flexibility index (Phi) is 3.81. The first-order chi connectivity index (χ1) is 8.01. The summed E-state index contributed by atoms with van der Waals surface area (Å²) in [5.41, 5.74) is 6.86. The maximum Gasteiger partial charge on any atom is 0.0595 e. The SMILES string of the molecule is COC1CCN(C2(CN)CCC(C)(C)C2)CC1. The molecule has 0 aromatic rings. The van der Waals surface area contributed by atoms with Crippen molar-refractivity contribution in [1.82, 2.24) is 4.90 Å². The number of ether oxygens (including phenoxy) is 1. The van der Waals surface area contributed by atoms with Gasteiger partial charge in [0, 0.05) is 32.3 Å². The van der Waals surface area contributed by atoms with Crippen LogP contribution in [0.5, 0.6) is 0 Å². The topological polar surface area (TPSA) is 38.5 Å². The van der Waals surface area contributed by atoms with Crippen LogP contribution in [0.1, 0.15) is 46.0 Å². The molecule has 3 nitrogen and oxygen atoms in total. The van der Waals surface area contributed by atoms with E-state index in [9.17, 15) is 0 Å². The van der Waals surface area contributed by atoms with Gasteiger partial charge in [0.25, 0.3) is 0 Å². The first kappa shape index (κ1) is 13.3. The summed E-state index contributed by atoms with van der Waals surface area (Å²) in [6.07, 6.45) is 6.64. The van der Waals surface area contributed by atoms with Crippen LogP contribution in [0.25, 0.3) is 0 Å². The van der Waals surface area contributed by atoms with Gasteiger partial charge in [0.05, 0.1) is 6.10 Å². The first-order valence-corrected chi connectivity index (χ1v) is 6.99. The van der Waals surface area contributed by atoms with Gasteiger partial charge in [-0.25, -0.2) is 0 Å². The molecule has 1 aliphatic carbocycles. The van der Waals surface area contributed by atoms with Crippen LogP contribution in [0, 0.1) is 5.41 Å². The molecule has 0 radical (unpaired) electrons. The molecule has 1 saturated heterocycles. The normalized spacial score (nSPS) is 35.3. The lowest BCUT2D eigenvalue weighted by Crippen LogP contribution is -2.55. The molecule has 1 aliphatic heterocycles. The van der Waals surface area contributed by atoms with Crippen molar-refractivity contribution in [2.24, 2.45) is 11.1 Å². The summed E-state index contributed by atoms with van der Waals surface area (Å²) in [6.45, 7) is 7.89. The van der Waals surface area contributed by atoms with Crippen LogP contribution in [-0.4, -0.2) is 43.3 Å². The van der Waals surface area contributed by atoms with Crippen LogP contribution in [0.3, 0.4) is 0 Å². The largest absolute Gasteiger partial charge is 0.381 e. The smallest absolute Gasteiger partial charge is 0.0595 e. The highest BCUT2D eigenvalue weighted by Gasteiger charge is 2.46. The molecule has 2 fully saturated rings. The summed E-state index contributed by atoms with van der Waals surface area (Å²) in [5.74, 6) is 0. The first-order valence-electron chi connectivity index (χ1n) is 6.99. The van der Waals surface area contributed by atoms with E-state index in [1.54, 1.807) is 0 Å². The molecular weight excluding hydrogens is 212 g/mol. The van der Waals surface area contributed by atoms with Gasteiger partial charge >= 0.3 is 0 Å². The number of methoxy groups -OCH3 is 1. The van der Waals surface area contributed by atoms with Gasteiger partial charge in [-0.3, -0.25) is 4.90 Å². The van der Waals surface area contributed by atoms with E-state index in [4.69, 9.17) is 10.5 Å². The Balaban J connectivity index is 2.00. The molecule has 1 saturated carbocycles. The van der Waals surface area contributed by atoms with Crippen molar-refractivity contribution < 1.29 is 4.74 Å². The van der Waals surface area contributed by atoms with E-state index in [-0.39, 0.29) is 5.54 Å². The van der Waals surface area contributed by atoms with Crippen molar-refractivity contribution in [2.45, 2.75) is 57.6 Å². The number of piperidine rings is 1. The van der Waals surface area contributed by atoms with E-state index in [0.717, 1.165) is 19.6 Å². The molecule has 1 atom stereocenters. The fourth-order valence-corrected chi connectivity index (χ4v) is 3.78. The number of rotatable bonds is 3. The van der Waals surface area contributed by atoms with E-state index >= 15 is 0 Å². The fourth-order valence-electron chi connectivity index (χ4n) is 3.78. The Morgan fingerprint density at radius 2 is 1.88 bits per heavy atom. The third kappa shape index (κ3) is 2.67. The molecule has 0 spiro atoms. The molecule has 1 heterocycles. The number of hydrogen-bond donors (Lipinski definition) is 1. The van der Waals surface area contributed by atoms with E-state index < -0.39 is 0 Å². The second-order valence-corrected chi connectivity index (χ2v) is 6.69. The number of nitrogens with zero attached hydrogens (tertiary/aromatic N) is 1. The van der Waals surface area contributed by atoms with Crippen molar-refractivity contribution in [1.29, 1.82) is 0 Å². The predicted molar refractivity (Wildman–Crippen MR) is 71.0 cm³/mol. The second kappa shape index (κ2) is 4.87. The lowest BCUT2D eigenvalue weighted by molar-refractivity contribution is -0.00324. The summed E-state index contributed by atoms with van der Waals surface area (Å²) in [6, 6.07) is 0. The summed E-state index contributed by atoms with van der Waals surface area (Å²) in [5, 5.41) is 0. The molecule has 0 aromatic carbocycles. The van der Waals surface area contributed by atoms with E-state index in [1.807, 2.05) is 7.11 Å². The van der Waals surface area contributed by atoms with Crippen molar-refractivity contribution in [3.8, 4) is 0 Å². The van der Waals surface area contributed by atoms with E-state index in [2.05, 4.69) is 18.7 Å². The summed E-state index contributed by atoms with van der Waals surface area (Å²) in [7, 11) is 1.83. The molecule has 1 unspecified atom stereocenters. The Morgan fingerprint density at radius 3 is 2.29 bits per heavy atom. The number of hydrogen-bond acceptors (Lipinski definition) is 3. The lowest BCUT2D eigenvalue weighted by atomic mass is 9.85. The average molecular weight is 240 g/mol. The quantitative estimate of drug-likeness (QED) is 0.820. The van der Waals surface area contributed by atoms with Gasteiger partial charge in [-0.05, 0) is 37.5 Å². The lowest BCUT2D eigenvalue weighted by Gasteiger charge is -2.45. The van der Waals surface area contributed by atoms with E-state index in [1.165, 1.54) is 32.1 Å². The van der Waals surface area contributed by atoms with Crippen LogP contribution in [0.4, 0.5) is 0 Å². The van der Waals surface area contributed by atoms with Gasteiger partial charge < -0.3 is 10.5 Å². The maximum absolute atomic E-state index is 6.11. The van der Waals surface area contributed by atoms with Crippen molar-refractivity contribution in [2.75, 3.05) is 26.7 Å². The van der Waals surface area contributed by atoms with Gasteiger partial charge in [-0.15, -0.1) is 0 Å². The third-order valence-electron chi connectivity index (χ3n) is 4.90. The Hall–Kier alpha value is -0.120. The van der Waals surface area contributed by atoms with E-state index in [0.29, 0.717) is 11.5 Å². The molecule has 2 N–H and O–H groups in total. The Morgan fingerprint density at radius 1 is 1.24 bits per heavy atom. The summed E-state index contributed by atoms with van der Waals surface area (Å²) in [4.78, 5) is 2.65. The van der Waals surface area contributed by atoms with Crippen LogP contribution in [-0.2, 0) is 4.74 Å². The Labute approximate surface area is 106 Å². The molecule has 0 amide bonds. The monoisotopic (exact) mass is 240 g/mol. The van der Waals surface area contributed by atoms with Crippen LogP contribution in [0.15, 0.2) is 0 Å². The zero-order chi connectivity index (χ0) is 12.5. The van der Waals surface area contributed by atoms with Crippen LogP contribution < -0.4 is 5.73 Å². The minimum Gasteiger partial charge on any atom is -0.381 e. The number of likely N-dealkylation sites (tertiary alicyclic amines) is 1. The molecule has 0 aromatic heterocycles. The highest BCUT2D eigenvalue weighted by molar-refractivity contribution is 5.03. The predicted octanol–water partition coefficient (Wildman–Crippen LogP) is 2.00. The highest BCUT2D eigenvalue weighted by Crippen LogP contribution is 2.46. The van der Waals surface area contributed by atoms with Gasteiger partial charge in [-0.1, -0.05) is 13.8 Å². The average Bonchev–Trinajstić information content (AvgIpc) is 2.66. The van der Waals surface area contributed by atoms with Crippen molar-refractivity contribution >= 4 is 0 Å². The molecule has 3 heteroatoms. The third-order valence-corrected chi connectivity index (χ3v) is 4.90. The molecule has 2 aliphatic rings. The maximum atomic E-state index is 6.11. The molecular formula is C14H28N2O. The van der Waals surface area contributed by atoms with Crippen molar-refractivity contribution in [3.63, 3.8) is 0 Å². The fraction of sp³-hybridized carbons (Fsp3) is 1.00. The van der Waals surface area contributed by atoms with Gasteiger partial charge in [-0.2, -0.15) is 0 Å². The zero-order valence-corrected chi connectivity index (χ0v) is 11.7. The minimum atomic E-state index is 0.280. The second-order valence-electron chi connectivity index (χ2n) is 6.69. The van der Waals surface area contributed by atoms with Gasteiger partial charge in [0.2, 0.25) is 0 Å². The standard InChI is InChI=1S/C14H28N2O/c1-13(2)6-7-14(10-13,11-15)16-8-4-12(17-3)5-9-16/h12H,4-11,15H2,1-3H3. The Bertz CT molecular complexity index is 259. The summed E-state index contributed by atoms with van der Waals surface area (Å²) < 4.78 is 5.45. The van der Waals surface area contributed by atoms with Crippen LogP contribution in [0.2, 0.25) is 0 Å². The van der Waals surface area contributed by atoms with Gasteiger partial charge in [0.1, 0.15) is 0 Å². The van der Waals surface area contributed by atoms with Crippen LogP contribution >= 0.6 is 0 Å². The zero-order valence-electron chi connectivity index (χ0n) is 11.7. The molecule has 100 valence electrons. The van der Waals surface area contributed by atoms with Gasteiger partial charge in [0.15, 0.2) is 0 Å². The molecule has 0 bridgehead atoms. The minimum absolute atomic E-state index is 0.280. The number of nitrogens with two attached hydrogens (primary N) is 1. The summed E-state index contributed by atoms with van der Waals surface area (Å²) >= 11 is 0. The van der Waals surface area contributed by atoms with Crippen molar-refractivity contribution in [3.05, 3.63) is 0 Å². The molecule has 17 heavy (non-hydrogen) atoms.